The van der Waals surface area contributed by atoms with Gasteiger partial charge in [-0.1, -0.05) is 41.9 Å². The van der Waals surface area contributed by atoms with Crippen LogP contribution in [0.1, 0.15) is 31.8 Å². The minimum Gasteiger partial charge on any atom is -0.506 e. The zero-order valence-corrected chi connectivity index (χ0v) is 20.0. The average Bonchev–Trinajstić information content (AvgIpc) is 3.22. The molecule has 8 nitrogen and oxygen atoms in total. The molecule has 0 amide bonds. The van der Waals surface area contributed by atoms with E-state index in [1.54, 1.807) is 18.2 Å². The van der Waals surface area contributed by atoms with Crippen molar-refractivity contribution in [2.45, 2.75) is 6.42 Å². The van der Waals surface area contributed by atoms with Gasteiger partial charge in [0.25, 0.3) is 0 Å². The lowest BCUT2D eigenvalue weighted by atomic mass is 9.93. The summed E-state index contributed by atoms with van der Waals surface area (Å²) in [5, 5.41) is 30.2. The van der Waals surface area contributed by atoms with Gasteiger partial charge in [-0.15, -0.1) is 0 Å². The van der Waals surface area contributed by atoms with Crippen molar-refractivity contribution in [2.75, 3.05) is 5.73 Å². The van der Waals surface area contributed by atoms with Gasteiger partial charge in [-0.2, -0.15) is 0 Å². The van der Waals surface area contributed by atoms with Crippen LogP contribution >= 0.6 is 11.6 Å². The maximum atomic E-state index is 11.9. The first-order valence-corrected chi connectivity index (χ1v) is 11.6. The molecular weight excluding hydrogens is 494 g/mol. The molecule has 0 fully saturated rings. The van der Waals surface area contributed by atoms with Crippen LogP contribution in [-0.2, 0) is 6.42 Å². The van der Waals surface area contributed by atoms with E-state index in [0.717, 1.165) is 11.1 Å². The number of nitrogens with one attached hydrogen (secondary N) is 1. The van der Waals surface area contributed by atoms with Gasteiger partial charge < -0.3 is 26.0 Å². The number of carboxylic acids is 2. The molecule has 0 aliphatic heterocycles. The molecule has 0 saturated carbocycles. The Balaban J connectivity index is 1.77. The van der Waals surface area contributed by atoms with Crippen LogP contribution in [-0.4, -0.2) is 37.2 Å². The van der Waals surface area contributed by atoms with Gasteiger partial charge in [-0.3, -0.25) is 0 Å². The monoisotopic (exact) mass is 513 g/mol. The SMILES string of the molecule is Nc1ccc2[nH]c(-c3cc(-c4cc(C(=O)O)ccc4C(=O)O)cc(Cl)c3O)c(Cc3ccccc3)c2n1. The smallest absolute Gasteiger partial charge is 0.336 e. The maximum Gasteiger partial charge on any atom is 0.336 e. The van der Waals surface area contributed by atoms with E-state index in [-0.39, 0.29) is 27.5 Å². The van der Waals surface area contributed by atoms with E-state index in [1.165, 1.54) is 24.3 Å². The summed E-state index contributed by atoms with van der Waals surface area (Å²) >= 11 is 6.43. The fourth-order valence-corrected chi connectivity index (χ4v) is 4.60. The normalized spacial score (nSPS) is 11.1. The number of hydrogen-bond donors (Lipinski definition) is 5. The summed E-state index contributed by atoms with van der Waals surface area (Å²) in [6.45, 7) is 0. The van der Waals surface area contributed by atoms with Gasteiger partial charge in [0.05, 0.1) is 32.9 Å². The number of benzene rings is 3. The summed E-state index contributed by atoms with van der Waals surface area (Å²) in [6, 6.07) is 19.9. The number of carboxylic acid groups (broad SMARTS) is 2. The predicted octanol–water partition coefficient (Wildman–Crippen LogP) is 5.83. The number of fused-ring (bicyclic) bond motifs is 1. The highest BCUT2D eigenvalue weighted by atomic mass is 35.5. The highest BCUT2D eigenvalue weighted by Gasteiger charge is 2.22. The third-order valence-electron chi connectivity index (χ3n) is 6.13. The largest absolute Gasteiger partial charge is 0.506 e. The van der Waals surface area contributed by atoms with E-state index in [9.17, 15) is 24.9 Å². The standard InChI is InChI=1S/C28H20ClN3O5/c29-21-13-16(18-11-15(27(34)35)6-7-17(18)28(36)37)12-20(26(21)33)24-19(10-14-4-2-1-3-5-14)25-22(31-24)8-9-23(30)32-25/h1-9,11-13,31,33H,10H2,(H2,30,32)(H,34,35)(H,36,37). The topological polar surface area (TPSA) is 150 Å². The summed E-state index contributed by atoms with van der Waals surface area (Å²) in [5.41, 5.74) is 10.2. The van der Waals surface area contributed by atoms with Crippen molar-refractivity contribution in [2.24, 2.45) is 0 Å². The molecule has 0 aliphatic rings. The van der Waals surface area contributed by atoms with Gasteiger partial charge in [0, 0.05) is 17.5 Å². The summed E-state index contributed by atoms with van der Waals surface area (Å²) < 4.78 is 0. The number of nitrogens with zero attached hydrogens (tertiary/aromatic N) is 1. The number of phenols is 1. The van der Waals surface area contributed by atoms with Gasteiger partial charge in [0.1, 0.15) is 11.6 Å². The lowest BCUT2D eigenvalue weighted by molar-refractivity contribution is 0.0682. The first kappa shape index (κ1) is 23.9. The van der Waals surface area contributed by atoms with E-state index < -0.39 is 11.9 Å². The molecule has 9 heteroatoms. The number of pyridine rings is 1. The summed E-state index contributed by atoms with van der Waals surface area (Å²) in [5.74, 6) is -2.31. The van der Waals surface area contributed by atoms with Crippen LogP contribution in [0.3, 0.4) is 0 Å². The van der Waals surface area contributed by atoms with E-state index in [4.69, 9.17) is 17.3 Å². The molecule has 2 heterocycles. The van der Waals surface area contributed by atoms with Crippen molar-refractivity contribution >= 4 is 40.4 Å². The number of carbonyl (C=O) groups is 2. The number of aromatic amines is 1. The average molecular weight is 514 g/mol. The second kappa shape index (κ2) is 9.33. The molecule has 37 heavy (non-hydrogen) atoms. The maximum absolute atomic E-state index is 11.9. The van der Waals surface area contributed by atoms with E-state index >= 15 is 0 Å². The number of aromatic nitrogens is 2. The van der Waals surface area contributed by atoms with Gasteiger partial charge >= 0.3 is 11.9 Å². The zero-order chi connectivity index (χ0) is 26.3. The van der Waals surface area contributed by atoms with Crippen LogP contribution in [0.4, 0.5) is 5.82 Å². The fraction of sp³-hybridized carbons (Fsp3) is 0.0357. The highest BCUT2D eigenvalue weighted by Crippen LogP contribution is 2.43. The Labute approximate surface area is 215 Å². The molecule has 0 spiro atoms. The Kier molecular flexibility index (Phi) is 6.02. The number of phenolic OH excluding ortho intramolecular Hbond substituents is 1. The highest BCUT2D eigenvalue weighted by molar-refractivity contribution is 6.33. The number of aromatic hydroxyl groups is 1. The molecule has 0 saturated heterocycles. The Morgan fingerprint density at radius 3 is 2.38 bits per heavy atom. The molecule has 0 atom stereocenters. The van der Waals surface area contributed by atoms with Crippen molar-refractivity contribution in [1.82, 2.24) is 9.97 Å². The van der Waals surface area contributed by atoms with E-state index in [1.807, 2.05) is 30.3 Å². The molecule has 0 radical (unpaired) electrons. The molecule has 0 unspecified atom stereocenters. The van der Waals surface area contributed by atoms with Crippen LogP contribution in [0.5, 0.6) is 5.75 Å². The molecule has 6 N–H and O–H groups in total. The number of hydrogen-bond acceptors (Lipinski definition) is 5. The lowest BCUT2D eigenvalue weighted by Crippen LogP contribution is -2.03. The van der Waals surface area contributed by atoms with Crippen LogP contribution < -0.4 is 5.73 Å². The first-order valence-electron chi connectivity index (χ1n) is 11.2. The van der Waals surface area contributed by atoms with Crippen LogP contribution in [0, 0.1) is 0 Å². The number of nitrogen functional groups attached to an aromatic ring is 1. The number of rotatable bonds is 6. The number of nitrogens with two attached hydrogens (primary N) is 1. The Morgan fingerprint density at radius 1 is 0.919 bits per heavy atom. The van der Waals surface area contributed by atoms with Crippen molar-refractivity contribution < 1.29 is 24.9 Å². The van der Waals surface area contributed by atoms with Crippen molar-refractivity contribution in [3.63, 3.8) is 0 Å². The van der Waals surface area contributed by atoms with Gasteiger partial charge in [0.15, 0.2) is 0 Å². The van der Waals surface area contributed by atoms with Gasteiger partial charge in [-0.05, 0) is 59.2 Å². The molecule has 5 rings (SSSR count). The molecule has 5 aromatic rings. The summed E-state index contributed by atoms with van der Waals surface area (Å²) in [7, 11) is 0. The van der Waals surface area contributed by atoms with Crippen molar-refractivity contribution in [1.29, 1.82) is 0 Å². The van der Waals surface area contributed by atoms with Gasteiger partial charge in [0.2, 0.25) is 0 Å². The minimum absolute atomic E-state index is 0.0265. The van der Waals surface area contributed by atoms with E-state index in [0.29, 0.717) is 40.1 Å². The summed E-state index contributed by atoms with van der Waals surface area (Å²) in [4.78, 5) is 31.3. The quantitative estimate of drug-likeness (QED) is 0.192. The number of halogens is 1. The zero-order valence-electron chi connectivity index (χ0n) is 19.2. The van der Waals surface area contributed by atoms with Crippen LogP contribution in [0.25, 0.3) is 33.4 Å². The third-order valence-corrected chi connectivity index (χ3v) is 6.42. The minimum atomic E-state index is -1.23. The Hall–Kier alpha value is -4.82. The molecule has 3 aromatic carbocycles. The van der Waals surface area contributed by atoms with Crippen molar-refractivity contribution in [3.05, 3.63) is 100 Å². The molecule has 0 bridgehead atoms. The molecular formula is C28H20ClN3O5. The molecule has 0 aliphatic carbocycles. The number of aromatic carboxylic acids is 2. The number of H-pyrrole nitrogens is 1. The predicted molar refractivity (Wildman–Crippen MR) is 141 cm³/mol. The second-order valence-corrected chi connectivity index (χ2v) is 8.91. The van der Waals surface area contributed by atoms with Crippen molar-refractivity contribution in [3.8, 4) is 28.1 Å². The lowest BCUT2D eigenvalue weighted by Gasteiger charge is -2.13. The third kappa shape index (κ3) is 4.46. The fourth-order valence-electron chi connectivity index (χ4n) is 4.38. The Morgan fingerprint density at radius 2 is 1.68 bits per heavy atom. The Bertz CT molecular complexity index is 1700. The van der Waals surface area contributed by atoms with Crippen LogP contribution in [0.15, 0.2) is 72.8 Å². The number of anilines is 1. The summed E-state index contributed by atoms with van der Waals surface area (Å²) in [6.07, 6.45) is 0.461. The van der Waals surface area contributed by atoms with Crippen LogP contribution in [0.2, 0.25) is 5.02 Å². The molecule has 2 aromatic heterocycles. The molecule has 184 valence electrons. The van der Waals surface area contributed by atoms with E-state index in [2.05, 4.69) is 9.97 Å². The second-order valence-electron chi connectivity index (χ2n) is 8.50. The first-order chi connectivity index (χ1) is 17.7. The van der Waals surface area contributed by atoms with Gasteiger partial charge in [-0.25, -0.2) is 14.6 Å².